The molecule has 0 bridgehead atoms. The van der Waals surface area contributed by atoms with Gasteiger partial charge in [-0.05, 0) is 15.9 Å². The number of hydroxylamine groups is 2. The minimum atomic E-state index is -0.413. The number of nitrogens with one attached hydrogen (secondary N) is 1. The number of nitrogens with zero attached hydrogens (tertiary/aromatic N) is 1. The normalized spacial score (nSPS) is 27.9. The minimum Gasteiger partial charge on any atom is -0.258 e. The highest BCUT2D eigenvalue weighted by atomic mass is 79.9. The third-order valence-corrected chi connectivity index (χ3v) is 2.43. The van der Waals surface area contributed by atoms with Crippen molar-refractivity contribution in [2.45, 2.75) is 11.9 Å². The van der Waals surface area contributed by atoms with Gasteiger partial charge in [-0.3, -0.25) is 10.1 Å². The fourth-order valence-corrected chi connectivity index (χ4v) is 1.99. The molecule has 1 aliphatic heterocycles. The zero-order valence-electron chi connectivity index (χ0n) is 7.28. The fourth-order valence-electron chi connectivity index (χ4n) is 1.17. The van der Waals surface area contributed by atoms with Gasteiger partial charge >= 0.3 is 0 Å². The number of nitro groups is 1. The van der Waals surface area contributed by atoms with Crippen molar-refractivity contribution < 1.29 is 14.8 Å². The van der Waals surface area contributed by atoms with Crippen molar-refractivity contribution in [3.05, 3.63) is 33.7 Å². The van der Waals surface area contributed by atoms with Crippen LogP contribution < -0.4 is 5.06 Å². The standard InChI is InChI=1S/C7H9BrN2O3/c1-5-3-6(10(11)12)4-7(8)9(5)13-2/h3-4,7H,1-2H3/p+1. The molecule has 0 aliphatic carbocycles. The summed E-state index contributed by atoms with van der Waals surface area (Å²) in [6.45, 7) is 1.78. The van der Waals surface area contributed by atoms with Gasteiger partial charge in [0.05, 0.1) is 24.2 Å². The number of rotatable bonds is 2. The predicted octanol–water partition coefficient (Wildman–Crippen LogP) is 0.232. The molecule has 0 aromatic carbocycles. The van der Waals surface area contributed by atoms with Gasteiger partial charge in [0.25, 0.3) is 5.70 Å². The van der Waals surface area contributed by atoms with Crippen LogP contribution in [0.2, 0.25) is 0 Å². The monoisotopic (exact) mass is 249 g/mol. The average molecular weight is 250 g/mol. The largest absolute Gasteiger partial charge is 0.278 e. The maximum Gasteiger partial charge on any atom is 0.278 e. The van der Waals surface area contributed by atoms with E-state index < -0.39 is 4.92 Å². The van der Waals surface area contributed by atoms with Gasteiger partial charge in [-0.15, -0.1) is 5.06 Å². The first kappa shape index (κ1) is 10.4. The molecule has 0 saturated carbocycles. The van der Waals surface area contributed by atoms with E-state index >= 15 is 0 Å². The summed E-state index contributed by atoms with van der Waals surface area (Å²) in [7, 11) is 1.55. The van der Waals surface area contributed by atoms with Crippen molar-refractivity contribution in [3.8, 4) is 0 Å². The van der Waals surface area contributed by atoms with Crippen LogP contribution in [0.4, 0.5) is 0 Å². The molecule has 1 N–H and O–H groups in total. The first-order valence-electron chi connectivity index (χ1n) is 3.66. The van der Waals surface area contributed by atoms with Gasteiger partial charge < -0.3 is 0 Å². The smallest absolute Gasteiger partial charge is 0.258 e. The highest BCUT2D eigenvalue weighted by Crippen LogP contribution is 2.09. The SMILES string of the molecule is CO[NH+]1C(C)=CC([N+](=O)[O-])=CC1Br. The zero-order chi connectivity index (χ0) is 10.0. The van der Waals surface area contributed by atoms with Gasteiger partial charge in [-0.25, -0.2) is 4.84 Å². The molecule has 72 valence electrons. The molecule has 0 spiro atoms. The van der Waals surface area contributed by atoms with Crippen molar-refractivity contribution >= 4 is 15.9 Å². The molecule has 5 nitrogen and oxygen atoms in total. The lowest BCUT2D eigenvalue weighted by molar-refractivity contribution is -1.06. The molecular formula is C7H10BrN2O3+. The van der Waals surface area contributed by atoms with Gasteiger partial charge in [0.1, 0.15) is 5.70 Å². The van der Waals surface area contributed by atoms with Crippen LogP contribution in [0, 0.1) is 10.1 Å². The summed E-state index contributed by atoms with van der Waals surface area (Å²) in [4.78, 5) is 14.9. The Bertz CT molecular complexity index is 287. The van der Waals surface area contributed by atoms with E-state index in [1.54, 1.807) is 14.0 Å². The summed E-state index contributed by atoms with van der Waals surface area (Å²) < 4.78 is 0. The third-order valence-electron chi connectivity index (χ3n) is 1.75. The minimum absolute atomic E-state index is 0.0974. The quantitative estimate of drug-likeness (QED) is 0.330. The van der Waals surface area contributed by atoms with Gasteiger partial charge in [0.2, 0.25) is 4.95 Å². The zero-order valence-corrected chi connectivity index (χ0v) is 8.87. The number of allylic oxidation sites excluding steroid dienone is 2. The number of quaternary nitrogens is 1. The Morgan fingerprint density at radius 3 is 2.77 bits per heavy atom. The Morgan fingerprint density at radius 2 is 2.38 bits per heavy atom. The lowest BCUT2D eigenvalue weighted by Crippen LogP contribution is -3.11. The van der Waals surface area contributed by atoms with E-state index in [-0.39, 0.29) is 10.6 Å². The Balaban J connectivity index is 2.93. The molecule has 0 aromatic rings. The molecule has 0 fully saturated rings. The highest BCUT2D eigenvalue weighted by Gasteiger charge is 2.29. The van der Waals surface area contributed by atoms with Crippen LogP contribution in [0.1, 0.15) is 6.92 Å². The lowest BCUT2D eigenvalue weighted by Gasteiger charge is -2.20. The summed E-state index contributed by atoms with van der Waals surface area (Å²) in [6.07, 6.45) is 3.00. The molecule has 2 atom stereocenters. The molecule has 2 unspecified atom stereocenters. The van der Waals surface area contributed by atoms with Gasteiger partial charge in [0.15, 0.2) is 0 Å². The Kier molecular flexibility index (Phi) is 3.18. The van der Waals surface area contributed by atoms with Crippen molar-refractivity contribution in [2.75, 3.05) is 7.11 Å². The van der Waals surface area contributed by atoms with Gasteiger partial charge in [-0.1, -0.05) is 0 Å². The molecule has 1 aliphatic rings. The maximum atomic E-state index is 10.5. The summed E-state index contributed by atoms with van der Waals surface area (Å²) in [5.41, 5.74) is 0.874. The summed E-state index contributed by atoms with van der Waals surface area (Å²) >= 11 is 3.28. The van der Waals surface area contributed by atoms with Crippen molar-refractivity contribution in [1.82, 2.24) is 0 Å². The number of alkyl halides is 1. The van der Waals surface area contributed by atoms with E-state index in [2.05, 4.69) is 15.9 Å². The third kappa shape index (κ3) is 2.15. The molecule has 6 heteroatoms. The molecule has 0 saturated heterocycles. The van der Waals surface area contributed by atoms with E-state index in [0.717, 1.165) is 5.70 Å². The number of halogens is 1. The first-order chi connectivity index (χ1) is 6.06. The number of hydrogen-bond acceptors (Lipinski definition) is 3. The van der Waals surface area contributed by atoms with Crippen LogP contribution >= 0.6 is 15.9 Å². The highest BCUT2D eigenvalue weighted by molar-refractivity contribution is 9.09. The molecular weight excluding hydrogens is 240 g/mol. The molecule has 1 heterocycles. The van der Waals surface area contributed by atoms with Crippen LogP contribution in [0.3, 0.4) is 0 Å². The molecule has 0 aromatic heterocycles. The topological polar surface area (TPSA) is 56.8 Å². The number of hydrogen-bond donors (Lipinski definition) is 1. The second kappa shape index (κ2) is 3.99. The van der Waals surface area contributed by atoms with Crippen molar-refractivity contribution in [1.29, 1.82) is 0 Å². The van der Waals surface area contributed by atoms with E-state index in [1.165, 1.54) is 12.2 Å². The molecule has 13 heavy (non-hydrogen) atoms. The Morgan fingerprint density at radius 1 is 1.77 bits per heavy atom. The van der Waals surface area contributed by atoms with E-state index in [0.29, 0.717) is 5.06 Å². The molecule has 1 rings (SSSR count). The van der Waals surface area contributed by atoms with Crippen LogP contribution in [0.5, 0.6) is 0 Å². The van der Waals surface area contributed by atoms with E-state index in [1.807, 2.05) is 0 Å². The van der Waals surface area contributed by atoms with Gasteiger partial charge in [-0.2, -0.15) is 0 Å². The van der Waals surface area contributed by atoms with Crippen LogP contribution in [0.15, 0.2) is 23.5 Å². The Labute approximate surface area is 83.9 Å². The predicted molar refractivity (Wildman–Crippen MR) is 49.5 cm³/mol. The van der Waals surface area contributed by atoms with Crippen molar-refractivity contribution in [2.24, 2.45) is 0 Å². The van der Waals surface area contributed by atoms with E-state index in [4.69, 9.17) is 4.84 Å². The summed E-state index contributed by atoms with van der Waals surface area (Å²) in [5.74, 6) is 0. The average Bonchev–Trinajstić information content (AvgIpc) is 2.03. The van der Waals surface area contributed by atoms with Crippen LogP contribution in [-0.4, -0.2) is 17.0 Å². The lowest BCUT2D eigenvalue weighted by atomic mass is 10.2. The summed E-state index contributed by atoms with van der Waals surface area (Å²) in [6, 6.07) is 0. The Hall–Kier alpha value is -0.720. The first-order valence-corrected chi connectivity index (χ1v) is 4.57. The molecule has 0 amide bonds. The van der Waals surface area contributed by atoms with Crippen LogP contribution in [-0.2, 0) is 4.84 Å². The second-order valence-corrected chi connectivity index (χ2v) is 3.63. The van der Waals surface area contributed by atoms with Gasteiger partial charge in [0, 0.05) is 6.92 Å². The summed E-state index contributed by atoms with van der Waals surface area (Å²) in [5, 5.41) is 11.2. The maximum absolute atomic E-state index is 10.5. The molecule has 0 radical (unpaired) electrons. The second-order valence-electron chi connectivity index (χ2n) is 2.65. The fraction of sp³-hybridized carbons (Fsp3) is 0.429. The van der Waals surface area contributed by atoms with Crippen molar-refractivity contribution in [3.63, 3.8) is 0 Å². The van der Waals surface area contributed by atoms with Crippen LogP contribution in [0.25, 0.3) is 0 Å². The van der Waals surface area contributed by atoms with E-state index in [9.17, 15) is 10.1 Å².